The lowest BCUT2D eigenvalue weighted by atomic mass is 9.99. The summed E-state index contributed by atoms with van der Waals surface area (Å²) < 4.78 is 18.0. The number of piperidine rings is 1. The number of ether oxygens (including phenoxy) is 3. The molecule has 0 aliphatic carbocycles. The fraction of sp³-hybridized carbons (Fsp3) is 1.00. The highest BCUT2D eigenvalue weighted by Crippen LogP contribution is 2.17. The highest BCUT2D eigenvalue weighted by atomic mass is 16.5. The summed E-state index contributed by atoms with van der Waals surface area (Å²) in [7, 11) is 0. The van der Waals surface area contributed by atoms with Gasteiger partial charge in [-0.25, -0.2) is 0 Å². The van der Waals surface area contributed by atoms with Crippen molar-refractivity contribution in [3.8, 4) is 0 Å². The van der Waals surface area contributed by atoms with Crippen molar-refractivity contribution in [2.75, 3.05) is 85.3 Å². The average molecular weight is 484 g/mol. The van der Waals surface area contributed by atoms with E-state index in [4.69, 9.17) is 14.2 Å². The number of rotatable bonds is 16. The smallest absolute Gasteiger partial charge is 0.0649 e. The van der Waals surface area contributed by atoms with E-state index in [9.17, 15) is 0 Å². The van der Waals surface area contributed by atoms with E-state index in [0.717, 1.165) is 78.0 Å². The van der Waals surface area contributed by atoms with E-state index in [1.807, 2.05) is 0 Å². The van der Waals surface area contributed by atoms with Crippen molar-refractivity contribution >= 4 is 0 Å². The maximum atomic E-state index is 6.22. The maximum absolute atomic E-state index is 6.22. The molecule has 2 aliphatic heterocycles. The van der Waals surface area contributed by atoms with Gasteiger partial charge in [-0.2, -0.15) is 0 Å². The van der Waals surface area contributed by atoms with E-state index in [2.05, 4.69) is 56.2 Å². The van der Waals surface area contributed by atoms with Crippen molar-refractivity contribution in [3.05, 3.63) is 0 Å². The van der Waals surface area contributed by atoms with Crippen LogP contribution in [0.3, 0.4) is 0 Å². The summed E-state index contributed by atoms with van der Waals surface area (Å²) >= 11 is 0. The Hall–Kier alpha value is -0.240. The summed E-state index contributed by atoms with van der Waals surface area (Å²) in [5, 5.41) is 0. The summed E-state index contributed by atoms with van der Waals surface area (Å²) in [5.41, 5.74) is -0.153. The van der Waals surface area contributed by atoms with Gasteiger partial charge in [-0.1, -0.05) is 6.92 Å². The van der Waals surface area contributed by atoms with Crippen LogP contribution in [0.5, 0.6) is 0 Å². The monoisotopic (exact) mass is 483 g/mol. The van der Waals surface area contributed by atoms with Crippen LogP contribution < -0.4 is 0 Å². The largest absolute Gasteiger partial charge is 0.381 e. The van der Waals surface area contributed by atoms with Gasteiger partial charge < -0.3 is 19.1 Å². The SMILES string of the molecule is CC1CCN(CCCCCOCCC(C)(C)OCCN2CCN(CCOC(C)(C)C)CC2)CC1. The molecule has 0 aromatic heterocycles. The molecule has 6 heteroatoms. The molecule has 2 aliphatic rings. The summed E-state index contributed by atoms with van der Waals surface area (Å²) in [6.45, 7) is 26.9. The molecule has 0 radical (unpaired) electrons. The molecular formula is C28H57N3O3. The molecule has 0 bridgehead atoms. The van der Waals surface area contributed by atoms with Gasteiger partial charge in [0.05, 0.1) is 24.4 Å². The fourth-order valence-electron chi connectivity index (χ4n) is 4.66. The molecule has 0 amide bonds. The summed E-state index contributed by atoms with van der Waals surface area (Å²) in [5.74, 6) is 0.929. The molecule has 34 heavy (non-hydrogen) atoms. The predicted octanol–water partition coefficient (Wildman–Crippen LogP) is 4.52. The third-order valence-corrected chi connectivity index (χ3v) is 7.30. The van der Waals surface area contributed by atoms with Crippen LogP contribution in [0, 0.1) is 5.92 Å². The Bertz CT molecular complexity index is 508. The van der Waals surface area contributed by atoms with Crippen molar-refractivity contribution in [1.82, 2.24) is 14.7 Å². The van der Waals surface area contributed by atoms with Crippen molar-refractivity contribution in [2.45, 2.75) is 91.3 Å². The molecule has 2 rings (SSSR count). The predicted molar refractivity (Wildman–Crippen MR) is 143 cm³/mol. The van der Waals surface area contributed by atoms with Gasteiger partial charge >= 0.3 is 0 Å². The molecular weight excluding hydrogens is 426 g/mol. The highest BCUT2D eigenvalue weighted by Gasteiger charge is 2.21. The quantitative estimate of drug-likeness (QED) is 0.301. The standard InChI is InChI=1S/C28H57N3O3/c1-26-10-14-29(15-11-26)13-8-7-9-22-32-23-12-28(5,6)34-25-21-31-18-16-30(17-19-31)20-24-33-27(2,3)4/h26H,7-25H2,1-6H3. The Balaban J connectivity index is 1.40. The molecule has 0 unspecified atom stereocenters. The zero-order chi connectivity index (χ0) is 24.9. The van der Waals surface area contributed by atoms with E-state index in [1.54, 1.807) is 0 Å². The van der Waals surface area contributed by atoms with E-state index in [0.29, 0.717) is 0 Å². The lowest BCUT2D eigenvalue weighted by molar-refractivity contribution is -0.0517. The van der Waals surface area contributed by atoms with Crippen LogP contribution in [-0.2, 0) is 14.2 Å². The zero-order valence-electron chi connectivity index (χ0n) is 23.6. The molecule has 0 saturated carbocycles. The second-order valence-corrected chi connectivity index (χ2v) is 12.2. The van der Waals surface area contributed by atoms with Gasteiger partial charge in [0, 0.05) is 52.5 Å². The second kappa shape index (κ2) is 15.8. The van der Waals surface area contributed by atoms with Crippen LogP contribution >= 0.6 is 0 Å². The van der Waals surface area contributed by atoms with Crippen LogP contribution in [0.25, 0.3) is 0 Å². The summed E-state index contributed by atoms with van der Waals surface area (Å²) in [6, 6.07) is 0. The summed E-state index contributed by atoms with van der Waals surface area (Å²) in [6.07, 6.45) is 7.49. The molecule has 2 saturated heterocycles. The number of nitrogens with zero attached hydrogens (tertiary/aromatic N) is 3. The molecule has 2 fully saturated rings. The van der Waals surface area contributed by atoms with E-state index >= 15 is 0 Å². The van der Waals surface area contributed by atoms with Crippen LogP contribution in [-0.4, -0.2) is 111 Å². The van der Waals surface area contributed by atoms with E-state index in [-0.39, 0.29) is 11.2 Å². The van der Waals surface area contributed by atoms with Crippen molar-refractivity contribution in [1.29, 1.82) is 0 Å². The van der Waals surface area contributed by atoms with Crippen LogP contribution in [0.1, 0.15) is 80.1 Å². The molecule has 0 spiro atoms. The lowest BCUT2D eigenvalue weighted by Crippen LogP contribution is -2.48. The maximum Gasteiger partial charge on any atom is 0.0649 e. The lowest BCUT2D eigenvalue weighted by Gasteiger charge is -2.35. The molecule has 0 N–H and O–H groups in total. The molecule has 0 aromatic carbocycles. The van der Waals surface area contributed by atoms with Gasteiger partial charge in [0.1, 0.15) is 0 Å². The second-order valence-electron chi connectivity index (χ2n) is 12.2. The normalized spacial score (nSPS) is 20.3. The number of likely N-dealkylation sites (tertiary alicyclic amines) is 1. The minimum absolute atomic E-state index is 0.0390. The molecule has 0 atom stereocenters. The molecule has 6 nitrogen and oxygen atoms in total. The zero-order valence-corrected chi connectivity index (χ0v) is 23.6. The topological polar surface area (TPSA) is 37.4 Å². The minimum atomic E-state index is -0.114. The van der Waals surface area contributed by atoms with Gasteiger partial charge in [-0.15, -0.1) is 0 Å². The van der Waals surface area contributed by atoms with Crippen LogP contribution in [0.2, 0.25) is 0 Å². The third-order valence-electron chi connectivity index (χ3n) is 7.30. The highest BCUT2D eigenvalue weighted by molar-refractivity contribution is 4.74. The Labute approximate surface area is 211 Å². The van der Waals surface area contributed by atoms with E-state index < -0.39 is 0 Å². The summed E-state index contributed by atoms with van der Waals surface area (Å²) in [4.78, 5) is 7.68. The first-order valence-corrected chi connectivity index (χ1v) is 14.2. The van der Waals surface area contributed by atoms with Crippen molar-refractivity contribution < 1.29 is 14.2 Å². The number of hydrogen-bond acceptors (Lipinski definition) is 6. The molecule has 0 aromatic rings. The van der Waals surface area contributed by atoms with Gasteiger partial charge in [-0.3, -0.25) is 9.80 Å². The Morgan fingerprint density at radius 3 is 1.76 bits per heavy atom. The van der Waals surface area contributed by atoms with Gasteiger partial charge in [-0.05, 0) is 98.7 Å². The van der Waals surface area contributed by atoms with Crippen molar-refractivity contribution in [2.24, 2.45) is 5.92 Å². The first-order valence-electron chi connectivity index (χ1n) is 14.2. The molecule has 202 valence electrons. The average Bonchev–Trinajstić information content (AvgIpc) is 2.77. The third kappa shape index (κ3) is 14.4. The van der Waals surface area contributed by atoms with Crippen LogP contribution in [0.4, 0.5) is 0 Å². The van der Waals surface area contributed by atoms with Crippen LogP contribution in [0.15, 0.2) is 0 Å². The molecule has 2 heterocycles. The van der Waals surface area contributed by atoms with Gasteiger partial charge in [0.25, 0.3) is 0 Å². The fourth-order valence-corrected chi connectivity index (χ4v) is 4.66. The first-order chi connectivity index (χ1) is 16.1. The Morgan fingerprint density at radius 1 is 0.618 bits per heavy atom. The Kier molecular flexibility index (Phi) is 13.9. The number of hydrogen-bond donors (Lipinski definition) is 0. The number of piperazine rings is 1. The minimum Gasteiger partial charge on any atom is -0.381 e. The Morgan fingerprint density at radius 2 is 1.18 bits per heavy atom. The van der Waals surface area contributed by atoms with Gasteiger partial charge in [0.2, 0.25) is 0 Å². The van der Waals surface area contributed by atoms with Gasteiger partial charge in [0.15, 0.2) is 0 Å². The van der Waals surface area contributed by atoms with Crippen molar-refractivity contribution in [3.63, 3.8) is 0 Å². The number of unbranched alkanes of at least 4 members (excludes halogenated alkanes) is 2. The first kappa shape index (κ1) is 30.0. The van der Waals surface area contributed by atoms with E-state index in [1.165, 1.54) is 51.7 Å².